The van der Waals surface area contributed by atoms with Crippen LogP contribution in [0, 0.1) is 11.6 Å². The molecule has 6 heteroatoms. The summed E-state index contributed by atoms with van der Waals surface area (Å²) in [5.41, 5.74) is 6.67. The van der Waals surface area contributed by atoms with Crippen LogP contribution in [0.3, 0.4) is 0 Å². The van der Waals surface area contributed by atoms with E-state index in [1.54, 1.807) is 24.0 Å². The summed E-state index contributed by atoms with van der Waals surface area (Å²) in [5, 5.41) is 3.98. The van der Waals surface area contributed by atoms with E-state index in [-0.39, 0.29) is 16.5 Å². The van der Waals surface area contributed by atoms with Crippen molar-refractivity contribution in [3.8, 4) is 0 Å². The van der Waals surface area contributed by atoms with Crippen molar-refractivity contribution < 1.29 is 8.78 Å². The van der Waals surface area contributed by atoms with Gasteiger partial charge in [0, 0.05) is 18.8 Å². The highest BCUT2D eigenvalue weighted by molar-refractivity contribution is 9.10. The van der Waals surface area contributed by atoms with Gasteiger partial charge in [0.15, 0.2) is 0 Å². The van der Waals surface area contributed by atoms with Gasteiger partial charge in [0.2, 0.25) is 0 Å². The van der Waals surface area contributed by atoms with Gasteiger partial charge in [0.05, 0.1) is 16.2 Å². The molecule has 1 aromatic heterocycles. The van der Waals surface area contributed by atoms with E-state index in [0.29, 0.717) is 0 Å². The van der Waals surface area contributed by atoms with Gasteiger partial charge in [-0.1, -0.05) is 0 Å². The van der Waals surface area contributed by atoms with Crippen LogP contribution in [-0.4, -0.2) is 9.78 Å². The highest BCUT2D eigenvalue weighted by Gasteiger charge is 2.18. The Morgan fingerprint density at radius 3 is 2.72 bits per heavy atom. The van der Waals surface area contributed by atoms with Gasteiger partial charge in [-0.05, 0) is 40.5 Å². The average molecular weight is 316 g/mol. The molecule has 96 valence electrons. The maximum atomic E-state index is 13.8. The van der Waals surface area contributed by atoms with Gasteiger partial charge in [-0.2, -0.15) is 5.10 Å². The topological polar surface area (TPSA) is 43.8 Å². The molecule has 3 nitrogen and oxygen atoms in total. The predicted molar refractivity (Wildman–Crippen MR) is 67.9 cm³/mol. The minimum absolute atomic E-state index is 0.0157. The Morgan fingerprint density at radius 2 is 2.11 bits per heavy atom. The van der Waals surface area contributed by atoms with Crippen LogP contribution in [0.1, 0.15) is 17.3 Å². The lowest BCUT2D eigenvalue weighted by Gasteiger charge is -2.13. The first-order valence-corrected chi connectivity index (χ1v) is 6.16. The lowest BCUT2D eigenvalue weighted by atomic mass is 10.0. The molecule has 0 saturated heterocycles. The highest BCUT2D eigenvalue weighted by atomic mass is 79.9. The molecule has 0 amide bonds. The van der Waals surface area contributed by atoms with Crippen molar-refractivity contribution in [3.63, 3.8) is 0 Å². The third-order valence-electron chi connectivity index (χ3n) is 2.80. The molecule has 18 heavy (non-hydrogen) atoms. The number of benzene rings is 1. The van der Waals surface area contributed by atoms with Crippen molar-refractivity contribution in [1.29, 1.82) is 0 Å². The van der Waals surface area contributed by atoms with Crippen molar-refractivity contribution >= 4 is 15.9 Å². The number of aryl methyl sites for hydroxylation is 1. The Hall–Kier alpha value is -1.27. The zero-order valence-corrected chi connectivity index (χ0v) is 11.3. The molecular weight excluding hydrogens is 304 g/mol. The van der Waals surface area contributed by atoms with E-state index in [2.05, 4.69) is 21.0 Å². The van der Waals surface area contributed by atoms with E-state index >= 15 is 0 Å². The van der Waals surface area contributed by atoms with Crippen molar-refractivity contribution in [2.24, 2.45) is 12.8 Å². The van der Waals surface area contributed by atoms with E-state index in [4.69, 9.17) is 5.73 Å². The molecule has 0 fully saturated rings. The second-order valence-corrected chi connectivity index (χ2v) is 4.87. The molecule has 2 N–H and O–H groups in total. The molecule has 2 rings (SSSR count). The molecule has 0 saturated carbocycles. The van der Waals surface area contributed by atoms with E-state index in [1.165, 1.54) is 12.1 Å². The summed E-state index contributed by atoms with van der Waals surface area (Å²) in [6.45, 7) is 0. The minimum Gasteiger partial charge on any atom is -0.322 e. The van der Waals surface area contributed by atoms with E-state index < -0.39 is 17.7 Å². The van der Waals surface area contributed by atoms with Crippen LogP contribution in [0.25, 0.3) is 0 Å². The Bertz CT molecular complexity index is 568. The minimum atomic E-state index is -0.604. The first-order valence-electron chi connectivity index (χ1n) is 5.36. The Kier molecular flexibility index (Phi) is 3.77. The number of hydrogen-bond acceptors (Lipinski definition) is 2. The third-order valence-corrected chi connectivity index (χ3v) is 3.41. The Morgan fingerprint density at radius 1 is 1.39 bits per heavy atom. The summed E-state index contributed by atoms with van der Waals surface area (Å²) in [5.74, 6) is -1.19. The molecule has 1 aromatic carbocycles. The van der Waals surface area contributed by atoms with Crippen molar-refractivity contribution in [3.05, 3.63) is 51.8 Å². The standard InChI is InChI=1S/C12H12BrF2N3/c1-18-11(4-5-17-18)10(16)6-7-9(14)3-2-8(13)12(7)15/h2-5,10H,6,16H2,1H3. The number of halogens is 3. The maximum Gasteiger partial charge on any atom is 0.143 e. The lowest BCUT2D eigenvalue weighted by Crippen LogP contribution is -2.18. The van der Waals surface area contributed by atoms with Crippen molar-refractivity contribution in [2.75, 3.05) is 0 Å². The van der Waals surface area contributed by atoms with Crippen LogP contribution in [-0.2, 0) is 13.5 Å². The zero-order valence-electron chi connectivity index (χ0n) is 9.70. The summed E-state index contributed by atoms with van der Waals surface area (Å²) < 4.78 is 29.2. The quantitative estimate of drug-likeness (QED) is 0.885. The van der Waals surface area contributed by atoms with E-state index in [9.17, 15) is 8.78 Å². The fourth-order valence-corrected chi connectivity index (χ4v) is 2.20. The molecule has 0 aliphatic rings. The number of nitrogens with two attached hydrogens (primary N) is 1. The molecule has 0 aliphatic heterocycles. The summed E-state index contributed by atoms with van der Waals surface area (Å²) in [6, 6.07) is 3.79. The van der Waals surface area contributed by atoms with Gasteiger partial charge in [-0.3, -0.25) is 4.68 Å². The smallest absolute Gasteiger partial charge is 0.143 e. The lowest BCUT2D eigenvalue weighted by molar-refractivity contribution is 0.526. The van der Waals surface area contributed by atoms with Crippen LogP contribution in [0.4, 0.5) is 8.78 Å². The van der Waals surface area contributed by atoms with Crippen LogP contribution in [0.5, 0.6) is 0 Å². The number of nitrogens with zero attached hydrogens (tertiary/aromatic N) is 2. The molecule has 1 heterocycles. The third kappa shape index (κ3) is 2.44. The molecular formula is C12H12BrF2N3. The summed E-state index contributed by atoms with van der Waals surface area (Å²) in [4.78, 5) is 0. The van der Waals surface area contributed by atoms with Gasteiger partial charge in [0.25, 0.3) is 0 Å². The fraction of sp³-hybridized carbons (Fsp3) is 0.250. The van der Waals surface area contributed by atoms with E-state index in [1.807, 2.05) is 0 Å². The average Bonchev–Trinajstić information content (AvgIpc) is 2.76. The van der Waals surface area contributed by atoms with Crippen LogP contribution in [0.2, 0.25) is 0 Å². The van der Waals surface area contributed by atoms with Crippen molar-refractivity contribution in [2.45, 2.75) is 12.5 Å². The molecule has 0 radical (unpaired) electrons. The van der Waals surface area contributed by atoms with Crippen LogP contribution >= 0.6 is 15.9 Å². The number of aromatic nitrogens is 2. The molecule has 0 spiro atoms. The Balaban J connectivity index is 2.30. The largest absolute Gasteiger partial charge is 0.322 e. The monoisotopic (exact) mass is 315 g/mol. The predicted octanol–water partition coefficient (Wildman–Crippen LogP) is 2.70. The summed E-state index contributed by atoms with van der Waals surface area (Å²) in [7, 11) is 1.74. The second kappa shape index (κ2) is 5.16. The second-order valence-electron chi connectivity index (χ2n) is 4.01. The summed E-state index contributed by atoms with van der Waals surface area (Å²) in [6.07, 6.45) is 1.68. The molecule has 1 atom stereocenters. The number of hydrogen-bond donors (Lipinski definition) is 1. The normalized spacial score (nSPS) is 12.7. The van der Waals surface area contributed by atoms with Gasteiger partial charge in [-0.15, -0.1) is 0 Å². The first-order chi connectivity index (χ1) is 8.50. The highest BCUT2D eigenvalue weighted by Crippen LogP contribution is 2.25. The van der Waals surface area contributed by atoms with Gasteiger partial charge in [0.1, 0.15) is 11.6 Å². The molecule has 0 bridgehead atoms. The summed E-state index contributed by atoms with van der Waals surface area (Å²) >= 11 is 3.03. The zero-order chi connectivity index (χ0) is 13.3. The molecule has 2 aromatic rings. The fourth-order valence-electron chi connectivity index (χ4n) is 1.83. The maximum absolute atomic E-state index is 13.8. The van der Waals surface area contributed by atoms with Gasteiger partial charge in [-0.25, -0.2) is 8.78 Å². The van der Waals surface area contributed by atoms with Crippen LogP contribution in [0.15, 0.2) is 28.9 Å². The van der Waals surface area contributed by atoms with Gasteiger partial charge < -0.3 is 5.73 Å². The Labute approximate surface area is 112 Å². The molecule has 0 aliphatic carbocycles. The van der Waals surface area contributed by atoms with E-state index in [0.717, 1.165) is 5.69 Å². The SMILES string of the molecule is Cn1nccc1C(N)Cc1c(F)ccc(Br)c1F. The molecule has 1 unspecified atom stereocenters. The van der Waals surface area contributed by atoms with Crippen LogP contribution < -0.4 is 5.73 Å². The van der Waals surface area contributed by atoms with Gasteiger partial charge >= 0.3 is 0 Å². The number of rotatable bonds is 3. The van der Waals surface area contributed by atoms with Crippen molar-refractivity contribution in [1.82, 2.24) is 9.78 Å². The first kappa shape index (κ1) is 13.2.